The summed E-state index contributed by atoms with van der Waals surface area (Å²) in [5.74, 6) is 3.59. The van der Waals surface area contributed by atoms with Crippen LogP contribution in [0, 0.1) is 0 Å². The third kappa shape index (κ3) is 4.71. The summed E-state index contributed by atoms with van der Waals surface area (Å²) >= 11 is 6.66. The molecule has 2 heterocycles. The molecular weight excluding hydrogens is 494 g/mol. The smallest absolute Gasteiger partial charge is 0.162 e. The number of ether oxygens (including phenoxy) is 5. The fourth-order valence-electron chi connectivity index (χ4n) is 4.05. The Morgan fingerprint density at radius 3 is 1.78 bits per heavy atom. The summed E-state index contributed by atoms with van der Waals surface area (Å²) in [6.07, 6.45) is 3.40. The highest BCUT2D eigenvalue weighted by molar-refractivity contribution is 6.33. The predicted octanol–water partition coefficient (Wildman–Crippen LogP) is 7.01. The van der Waals surface area contributed by atoms with E-state index in [-0.39, 0.29) is 0 Å². The van der Waals surface area contributed by atoms with Crippen molar-refractivity contribution < 1.29 is 23.7 Å². The monoisotopic (exact) mass is 517 g/mol. The predicted molar refractivity (Wildman–Crippen MR) is 145 cm³/mol. The number of halogens is 1. The van der Waals surface area contributed by atoms with Crippen LogP contribution in [0.25, 0.3) is 21.8 Å². The fourth-order valence-corrected chi connectivity index (χ4v) is 4.27. The Labute approximate surface area is 218 Å². The van der Waals surface area contributed by atoms with Crippen LogP contribution in [-0.2, 0) is 0 Å². The van der Waals surface area contributed by atoms with Crippen LogP contribution >= 0.6 is 11.6 Å². The molecule has 1 N–H and O–H groups in total. The molecule has 0 amide bonds. The van der Waals surface area contributed by atoms with Crippen molar-refractivity contribution in [1.82, 2.24) is 9.97 Å². The van der Waals surface area contributed by atoms with Gasteiger partial charge in [0.25, 0.3) is 0 Å². The van der Waals surface area contributed by atoms with Crippen molar-refractivity contribution in [1.29, 1.82) is 0 Å². The first kappa shape index (κ1) is 24.3. The van der Waals surface area contributed by atoms with Gasteiger partial charge in [0.05, 0.1) is 50.2 Å². The minimum atomic E-state index is 0.487. The lowest BCUT2D eigenvalue weighted by Gasteiger charge is -2.15. The highest BCUT2D eigenvalue weighted by Crippen LogP contribution is 2.39. The Hall–Kier alpha value is -4.43. The van der Waals surface area contributed by atoms with Gasteiger partial charge in [-0.05, 0) is 36.4 Å². The molecule has 8 nitrogen and oxygen atoms in total. The van der Waals surface area contributed by atoms with E-state index in [0.717, 1.165) is 27.5 Å². The van der Waals surface area contributed by atoms with Gasteiger partial charge in [0.15, 0.2) is 23.0 Å². The summed E-state index contributed by atoms with van der Waals surface area (Å²) in [5.41, 5.74) is 3.01. The molecule has 0 bridgehead atoms. The summed E-state index contributed by atoms with van der Waals surface area (Å²) in [4.78, 5) is 8.87. The zero-order valence-corrected chi connectivity index (χ0v) is 21.4. The number of anilines is 2. The van der Waals surface area contributed by atoms with E-state index in [2.05, 4.69) is 15.3 Å². The first-order chi connectivity index (χ1) is 18.0. The van der Waals surface area contributed by atoms with Gasteiger partial charge in [-0.1, -0.05) is 11.6 Å². The largest absolute Gasteiger partial charge is 0.493 e. The van der Waals surface area contributed by atoms with E-state index < -0.39 is 0 Å². The minimum Gasteiger partial charge on any atom is -0.493 e. The van der Waals surface area contributed by atoms with E-state index >= 15 is 0 Å². The minimum absolute atomic E-state index is 0.487. The van der Waals surface area contributed by atoms with Crippen molar-refractivity contribution in [3.63, 3.8) is 0 Å². The number of methoxy groups -OCH3 is 4. The number of hydrogen-bond donors (Lipinski definition) is 1. The average molecular weight is 518 g/mol. The second kappa shape index (κ2) is 10.3. The highest BCUT2D eigenvalue weighted by atomic mass is 35.5. The molecule has 5 rings (SSSR count). The summed E-state index contributed by atoms with van der Waals surface area (Å²) < 4.78 is 27.9. The summed E-state index contributed by atoms with van der Waals surface area (Å²) in [6.45, 7) is 0. The molecular formula is C28H24ClN3O5. The maximum absolute atomic E-state index is 6.66. The zero-order valence-electron chi connectivity index (χ0n) is 20.7. The number of hydrogen-bond acceptors (Lipinski definition) is 8. The number of rotatable bonds is 8. The van der Waals surface area contributed by atoms with E-state index in [4.69, 9.17) is 35.3 Å². The Morgan fingerprint density at radius 1 is 0.595 bits per heavy atom. The Morgan fingerprint density at radius 2 is 1.16 bits per heavy atom. The second-order valence-corrected chi connectivity index (χ2v) is 8.39. The van der Waals surface area contributed by atoms with Gasteiger partial charge in [0.2, 0.25) is 0 Å². The van der Waals surface area contributed by atoms with Gasteiger partial charge in [0.1, 0.15) is 11.5 Å². The molecule has 0 aliphatic carbocycles. The van der Waals surface area contributed by atoms with Gasteiger partial charge >= 0.3 is 0 Å². The van der Waals surface area contributed by atoms with E-state index in [9.17, 15) is 0 Å². The standard InChI is InChI=1S/C28H24ClN3O5/c1-33-25-12-17-20(7-9-30-22(17)14-27(25)35-3)32-21-6-5-16(11-19(21)29)37-24-8-10-31-23-15-28(36-4)26(34-2)13-18(23)24/h5-15H,1-4H3,(H,30,32). The third-order valence-electron chi connectivity index (χ3n) is 5.89. The molecule has 0 radical (unpaired) electrons. The molecule has 2 aromatic heterocycles. The van der Waals surface area contributed by atoms with Crippen LogP contribution in [0.5, 0.6) is 34.5 Å². The van der Waals surface area contributed by atoms with Crippen molar-refractivity contribution in [3.05, 3.63) is 72.0 Å². The molecule has 9 heteroatoms. The second-order valence-electron chi connectivity index (χ2n) is 7.98. The molecule has 0 aliphatic rings. The van der Waals surface area contributed by atoms with Gasteiger partial charge in [0, 0.05) is 47.1 Å². The summed E-state index contributed by atoms with van der Waals surface area (Å²) in [7, 11) is 6.37. The third-order valence-corrected chi connectivity index (χ3v) is 6.20. The molecule has 188 valence electrons. The first-order valence-corrected chi connectivity index (χ1v) is 11.7. The van der Waals surface area contributed by atoms with Crippen LogP contribution in [0.15, 0.2) is 67.0 Å². The van der Waals surface area contributed by atoms with Gasteiger partial charge in [-0.2, -0.15) is 0 Å². The van der Waals surface area contributed by atoms with Crippen LogP contribution < -0.4 is 29.0 Å². The number of benzene rings is 3. The van der Waals surface area contributed by atoms with E-state index in [1.165, 1.54) is 0 Å². The van der Waals surface area contributed by atoms with Gasteiger partial charge in [-0.3, -0.25) is 9.97 Å². The van der Waals surface area contributed by atoms with Crippen molar-refractivity contribution in [2.75, 3.05) is 33.8 Å². The Bertz CT molecular complexity index is 1610. The van der Waals surface area contributed by atoms with E-state index in [1.54, 1.807) is 53.0 Å². The molecule has 0 unspecified atom stereocenters. The topological polar surface area (TPSA) is 84.0 Å². The normalized spacial score (nSPS) is 10.8. The fraction of sp³-hybridized carbons (Fsp3) is 0.143. The highest BCUT2D eigenvalue weighted by Gasteiger charge is 2.14. The SMILES string of the molecule is COc1cc2nccc(Nc3ccc(Oc4ccnc5cc(OC)c(OC)cc45)cc3Cl)c2cc1OC. The van der Waals surface area contributed by atoms with E-state index in [0.29, 0.717) is 45.2 Å². The van der Waals surface area contributed by atoms with Crippen molar-refractivity contribution >= 4 is 44.8 Å². The number of pyridine rings is 2. The number of aromatic nitrogens is 2. The summed E-state index contributed by atoms with van der Waals surface area (Å²) in [6, 6.07) is 16.5. The van der Waals surface area contributed by atoms with Gasteiger partial charge < -0.3 is 29.0 Å². The van der Waals surface area contributed by atoms with Crippen molar-refractivity contribution in [2.24, 2.45) is 0 Å². The molecule has 3 aromatic carbocycles. The molecule has 37 heavy (non-hydrogen) atoms. The Kier molecular flexibility index (Phi) is 6.74. The number of nitrogens with one attached hydrogen (secondary N) is 1. The Balaban J connectivity index is 1.45. The van der Waals surface area contributed by atoms with Crippen molar-refractivity contribution in [2.45, 2.75) is 0 Å². The quantitative estimate of drug-likeness (QED) is 0.235. The first-order valence-electron chi connectivity index (χ1n) is 11.3. The molecule has 0 aliphatic heterocycles. The lowest BCUT2D eigenvalue weighted by Crippen LogP contribution is -1.96. The maximum Gasteiger partial charge on any atom is 0.162 e. The molecule has 0 fully saturated rings. The lowest BCUT2D eigenvalue weighted by atomic mass is 10.1. The van der Waals surface area contributed by atoms with Crippen LogP contribution in [0.2, 0.25) is 5.02 Å². The molecule has 0 spiro atoms. The maximum atomic E-state index is 6.66. The molecule has 0 atom stereocenters. The van der Waals surface area contributed by atoms with E-state index in [1.807, 2.05) is 42.5 Å². The van der Waals surface area contributed by atoms with Gasteiger partial charge in [-0.15, -0.1) is 0 Å². The number of fused-ring (bicyclic) bond motifs is 2. The summed E-state index contributed by atoms with van der Waals surface area (Å²) in [5, 5.41) is 5.52. The van der Waals surface area contributed by atoms with Crippen LogP contribution in [-0.4, -0.2) is 38.4 Å². The van der Waals surface area contributed by atoms with Crippen molar-refractivity contribution in [3.8, 4) is 34.5 Å². The van der Waals surface area contributed by atoms with Gasteiger partial charge in [-0.25, -0.2) is 0 Å². The molecule has 0 saturated heterocycles. The zero-order chi connectivity index (χ0) is 25.9. The van der Waals surface area contributed by atoms with Crippen LogP contribution in [0.4, 0.5) is 11.4 Å². The van der Waals surface area contributed by atoms with Crippen LogP contribution in [0.1, 0.15) is 0 Å². The average Bonchev–Trinajstić information content (AvgIpc) is 2.93. The number of nitrogens with zero attached hydrogens (tertiary/aromatic N) is 2. The van der Waals surface area contributed by atoms with Crippen LogP contribution in [0.3, 0.4) is 0 Å². The molecule has 0 saturated carbocycles. The lowest BCUT2D eigenvalue weighted by molar-refractivity contribution is 0.355. The molecule has 5 aromatic rings.